The van der Waals surface area contributed by atoms with Crippen LogP contribution in [-0.2, 0) is 6.54 Å². The summed E-state index contributed by atoms with van der Waals surface area (Å²) in [4.78, 5) is 0. The molecule has 6 nitrogen and oxygen atoms in total. The van der Waals surface area contributed by atoms with Crippen LogP contribution in [-0.4, -0.2) is 24.4 Å². The summed E-state index contributed by atoms with van der Waals surface area (Å²) < 4.78 is 16.2. The summed E-state index contributed by atoms with van der Waals surface area (Å²) in [6.07, 6.45) is 0. The quantitative estimate of drug-likeness (QED) is 0.752. The molecule has 0 saturated carbocycles. The summed E-state index contributed by atoms with van der Waals surface area (Å²) in [6, 6.07) is 15.2. The highest BCUT2D eigenvalue weighted by Gasteiger charge is 2.10. The van der Waals surface area contributed by atoms with Gasteiger partial charge in [-0.2, -0.15) is 0 Å². The van der Waals surface area contributed by atoms with Crippen LogP contribution in [0.15, 0.2) is 52.9 Å². The molecule has 6 heteroatoms. The number of nitrogens with zero attached hydrogens (tertiary/aromatic N) is 2. The van der Waals surface area contributed by atoms with Crippen molar-refractivity contribution in [3.8, 4) is 23.0 Å². The Labute approximate surface area is 134 Å². The van der Waals surface area contributed by atoms with E-state index in [2.05, 4.69) is 15.5 Å². The van der Waals surface area contributed by atoms with Gasteiger partial charge < -0.3 is 19.2 Å². The predicted octanol–water partition coefficient (Wildman–Crippen LogP) is 3.37. The Kier molecular flexibility index (Phi) is 4.42. The molecule has 23 heavy (non-hydrogen) atoms. The number of methoxy groups -OCH3 is 2. The van der Waals surface area contributed by atoms with E-state index in [9.17, 15) is 0 Å². The summed E-state index contributed by atoms with van der Waals surface area (Å²) >= 11 is 0. The molecule has 3 rings (SSSR count). The second kappa shape index (κ2) is 6.83. The minimum atomic E-state index is 0.405. The van der Waals surface area contributed by atoms with Crippen molar-refractivity contribution in [3.05, 3.63) is 54.4 Å². The maximum absolute atomic E-state index is 5.66. The van der Waals surface area contributed by atoms with Gasteiger partial charge in [-0.3, -0.25) is 0 Å². The number of ether oxygens (including phenoxy) is 2. The van der Waals surface area contributed by atoms with Crippen molar-refractivity contribution < 1.29 is 13.9 Å². The van der Waals surface area contributed by atoms with Gasteiger partial charge >= 0.3 is 0 Å². The van der Waals surface area contributed by atoms with Crippen LogP contribution in [0, 0.1) is 0 Å². The van der Waals surface area contributed by atoms with Crippen molar-refractivity contribution in [1.82, 2.24) is 10.2 Å². The smallest absolute Gasteiger partial charge is 0.247 e. The van der Waals surface area contributed by atoms with E-state index >= 15 is 0 Å². The van der Waals surface area contributed by atoms with Gasteiger partial charge in [-0.25, -0.2) is 0 Å². The van der Waals surface area contributed by atoms with Gasteiger partial charge in [0.2, 0.25) is 11.8 Å². The number of benzene rings is 2. The Hall–Kier alpha value is -3.02. The molecule has 3 aromatic rings. The van der Waals surface area contributed by atoms with Crippen LogP contribution in [0.4, 0.5) is 5.69 Å². The minimum Gasteiger partial charge on any atom is -0.497 e. The van der Waals surface area contributed by atoms with E-state index in [0.717, 1.165) is 17.0 Å². The van der Waals surface area contributed by atoms with Crippen molar-refractivity contribution in [3.63, 3.8) is 0 Å². The van der Waals surface area contributed by atoms with Crippen LogP contribution in [0.3, 0.4) is 0 Å². The molecule has 0 radical (unpaired) electrons. The third-order valence-electron chi connectivity index (χ3n) is 3.33. The zero-order chi connectivity index (χ0) is 16.1. The summed E-state index contributed by atoms with van der Waals surface area (Å²) in [5, 5.41) is 11.3. The maximum Gasteiger partial charge on any atom is 0.247 e. The van der Waals surface area contributed by atoms with Crippen LogP contribution in [0.1, 0.15) is 5.89 Å². The fraction of sp³-hybridized carbons (Fsp3) is 0.176. The number of hydrogen-bond donors (Lipinski definition) is 1. The van der Waals surface area contributed by atoms with Crippen molar-refractivity contribution >= 4 is 5.69 Å². The van der Waals surface area contributed by atoms with Crippen molar-refractivity contribution in [2.24, 2.45) is 0 Å². The first-order chi connectivity index (χ1) is 11.3. The van der Waals surface area contributed by atoms with Crippen LogP contribution >= 0.6 is 0 Å². The van der Waals surface area contributed by atoms with Crippen molar-refractivity contribution in [2.45, 2.75) is 6.54 Å². The minimum absolute atomic E-state index is 0.405. The van der Waals surface area contributed by atoms with Gasteiger partial charge in [-0.15, -0.1) is 10.2 Å². The Morgan fingerprint density at radius 3 is 2.57 bits per heavy atom. The standard InChI is InChI=1S/C17H17N3O3/c1-21-13-8-9-14(15(10-13)22-2)18-11-16-19-20-17(23-16)12-6-4-3-5-7-12/h3-10,18H,11H2,1-2H3. The summed E-state index contributed by atoms with van der Waals surface area (Å²) in [7, 11) is 3.23. The molecule has 0 aliphatic rings. The SMILES string of the molecule is COc1ccc(NCc2nnc(-c3ccccc3)o2)c(OC)c1. The fourth-order valence-electron chi connectivity index (χ4n) is 2.14. The molecule has 0 spiro atoms. The molecule has 2 aromatic carbocycles. The summed E-state index contributed by atoms with van der Waals surface area (Å²) in [6.45, 7) is 0.405. The van der Waals surface area contributed by atoms with Gasteiger partial charge in [0, 0.05) is 11.6 Å². The first kappa shape index (κ1) is 14.9. The Balaban J connectivity index is 1.71. The molecule has 0 atom stereocenters. The van der Waals surface area contributed by atoms with E-state index < -0.39 is 0 Å². The van der Waals surface area contributed by atoms with Gasteiger partial charge in [0.15, 0.2) is 0 Å². The van der Waals surface area contributed by atoms with Gasteiger partial charge in [-0.05, 0) is 24.3 Å². The third-order valence-corrected chi connectivity index (χ3v) is 3.33. The molecule has 1 aromatic heterocycles. The largest absolute Gasteiger partial charge is 0.497 e. The summed E-state index contributed by atoms with van der Waals surface area (Å²) in [5.41, 5.74) is 1.72. The van der Waals surface area contributed by atoms with Crippen LogP contribution in [0.25, 0.3) is 11.5 Å². The molecule has 1 heterocycles. The highest BCUT2D eigenvalue weighted by molar-refractivity contribution is 5.59. The van der Waals surface area contributed by atoms with Gasteiger partial charge in [0.25, 0.3) is 0 Å². The zero-order valence-corrected chi connectivity index (χ0v) is 12.9. The zero-order valence-electron chi connectivity index (χ0n) is 12.9. The predicted molar refractivity (Wildman–Crippen MR) is 86.6 cm³/mol. The summed E-state index contributed by atoms with van der Waals surface area (Å²) in [5.74, 6) is 2.43. The van der Waals surface area contributed by atoms with Gasteiger partial charge in [-0.1, -0.05) is 18.2 Å². The van der Waals surface area contributed by atoms with E-state index in [1.165, 1.54) is 0 Å². The molecular formula is C17H17N3O3. The molecule has 0 fully saturated rings. The number of aromatic nitrogens is 2. The van der Waals surface area contributed by atoms with E-state index in [-0.39, 0.29) is 0 Å². The topological polar surface area (TPSA) is 69.4 Å². The van der Waals surface area contributed by atoms with Gasteiger partial charge in [0.1, 0.15) is 11.5 Å². The first-order valence-electron chi connectivity index (χ1n) is 7.14. The highest BCUT2D eigenvalue weighted by Crippen LogP contribution is 2.29. The number of hydrogen-bond acceptors (Lipinski definition) is 6. The second-order valence-corrected chi connectivity index (χ2v) is 4.79. The van der Waals surface area contributed by atoms with E-state index in [4.69, 9.17) is 13.9 Å². The maximum atomic E-state index is 5.66. The van der Waals surface area contributed by atoms with Crippen LogP contribution < -0.4 is 14.8 Å². The van der Waals surface area contributed by atoms with E-state index in [1.807, 2.05) is 48.5 Å². The monoisotopic (exact) mass is 311 g/mol. The molecule has 0 aliphatic heterocycles. The molecule has 0 aliphatic carbocycles. The lowest BCUT2D eigenvalue weighted by atomic mass is 10.2. The Bertz CT molecular complexity index is 772. The number of rotatable bonds is 6. The van der Waals surface area contributed by atoms with Crippen molar-refractivity contribution in [2.75, 3.05) is 19.5 Å². The lowest BCUT2D eigenvalue weighted by Gasteiger charge is -2.11. The van der Waals surface area contributed by atoms with Gasteiger partial charge in [0.05, 0.1) is 26.5 Å². The average molecular weight is 311 g/mol. The normalized spacial score (nSPS) is 10.3. The molecule has 0 amide bonds. The van der Waals surface area contributed by atoms with Crippen LogP contribution in [0.2, 0.25) is 0 Å². The number of anilines is 1. The lowest BCUT2D eigenvalue weighted by molar-refractivity contribution is 0.395. The third kappa shape index (κ3) is 3.42. The first-order valence-corrected chi connectivity index (χ1v) is 7.14. The molecule has 0 bridgehead atoms. The fourth-order valence-corrected chi connectivity index (χ4v) is 2.14. The van der Waals surface area contributed by atoms with Crippen LogP contribution in [0.5, 0.6) is 11.5 Å². The molecule has 118 valence electrons. The second-order valence-electron chi connectivity index (χ2n) is 4.79. The van der Waals surface area contributed by atoms with E-state index in [1.54, 1.807) is 14.2 Å². The molecule has 1 N–H and O–H groups in total. The van der Waals surface area contributed by atoms with E-state index in [0.29, 0.717) is 24.1 Å². The molecule has 0 saturated heterocycles. The average Bonchev–Trinajstić information content (AvgIpc) is 3.09. The Morgan fingerprint density at radius 1 is 1.00 bits per heavy atom. The Morgan fingerprint density at radius 2 is 1.83 bits per heavy atom. The highest BCUT2D eigenvalue weighted by atomic mass is 16.5. The van der Waals surface area contributed by atoms with Crippen molar-refractivity contribution in [1.29, 1.82) is 0 Å². The molecule has 0 unspecified atom stereocenters. The molecular weight excluding hydrogens is 294 g/mol. The number of nitrogens with one attached hydrogen (secondary N) is 1. The lowest BCUT2D eigenvalue weighted by Crippen LogP contribution is -2.02.